The highest BCUT2D eigenvalue weighted by Crippen LogP contribution is 2.41. The van der Waals surface area contributed by atoms with Gasteiger partial charge in [0.1, 0.15) is 0 Å². The summed E-state index contributed by atoms with van der Waals surface area (Å²) in [6, 6.07) is 80.3. The highest BCUT2D eigenvalue weighted by atomic mass is 28.3. The molecule has 10 aromatic rings. The molecule has 0 saturated carbocycles. The first-order valence-corrected chi connectivity index (χ1v) is 32.7. The van der Waals surface area contributed by atoms with Crippen LogP contribution in [0.3, 0.4) is 0 Å². The summed E-state index contributed by atoms with van der Waals surface area (Å²) in [5, 5.41) is 19.7. The number of hydrogen-bond acceptors (Lipinski definition) is 2. The highest BCUT2D eigenvalue weighted by Gasteiger charge is 2.29. The molecule has 4 nitrogen and oxygen atoms in total. The molecule has 0 saturated heterocycles. The SMILES string of the molecule is C[Si](C)(C)C#N.Cc1cc(C)c(-c2c3ccc(C(C)(C)C)cc3[n+](-c3ccccc3)c3cc(C(C)(C)C)ccc23)c(C)c1.F[B-](F)(F)F.N#CC1=[C+]C=CC=C1c1ccccc1.[C-]#[N+]c1ccc(-c2ccccc2)cc1.c1ccc(-c2ccccc2)cc1. The summed E-state index contributed by atoms with van der Waals surface area (Å²) < 4.78 is 41.5. The van der Waals surface area contributed by atoms with E-state index in [1.165, 1.54) is 83.1 Å². The van der Waals surface area contributed by atoms with E-state index >= 15 is 0 Å². The van der Waals surface area contributed by atoms with Crippen LogP contribution < -0.4 is 4.57 Å². The van der Waals surface area contributed by atoms with E-state index in [1.807, 2.05) is 117 Å². The number of fused-ring (bicyclic) bond motifs is 2. The third-order valence-electron chi connectivity index (χ3n) is 14.1. The number of rotatable bonds is 5. The molecule has 1 aliphatic carbocycles. The number of nitriles is 2. The van der Waals surface area contributed by atoms with E-state index in [0.29, 0.717) is 11.3 Å². The van der Waals surface area contributed by atoms with Crippen LogP contribution in [0.15, 0.2) is 248 Å². The number of benzene rings is 9. The van der Waals surface area contributed by atoms with Crippen molar-refractivity contribution in [3.8, 4) is 50.8 Å². The van der Waals surface area contributed by atoms with Crippen molar-refractivity contribution in [1.82, 2.24) is 0 Å². The molecular formula is C78H76BF4N4Si+. The van der Waals surface area contributed by atoms with Crippen molar-refractivity contribution in [2.24, 2.45) is 0 Å². The summed E-state index contributed by atoms with van der Waals surface area (Å²) in [6.45, 7) is 33.4. The van der Waals surface area contributed by atoms with Gasteiger partial charge in [0, 0.05) is 59.3 Å². The summed E-state index contributed by atoms with van der Waals surface area (Å²) in [5.41, 5.74) is 23.6. The highest BCUT2D eigenvalue weighted by molar-refractivity contribution is 6.83. The molecule has 9 aromatic carbocycles. The van der Waals surface area contributed by atoms with Crippen LogP contribution in [0.4, 0.5) is 23.0 Å². The van der Waals surface area contributed by atoms with Gasteiger partial charge in [-0.1, -0.05) is 243 Å². The second-order valence-corrected chi connectivity index (χ2v) is 29.1. The molecule has 1 aromatic heterocycles. The number of nitrogens with zero attached hydrogens (tertiary/aromatic N) is 4. The molecule has 10 heteroatoms. The van der Waals surface area contributed by atoms with Crippen molar-refractivity contribution in [3.63, 3.8) is 0 Å². The van der Waals surface area contributed by atoms with E-state index in [1.54, 1.807) is 6.08 Å². The topological polar surface area (TPSA) is 55.8 Å². The Hall–Kier alpha value is -9.75. The average molecular weight is 1180 g/mol. The molecule has 0 amide bonds. The molecule has 0 fully saturated rings. The lowest BCUT2D eigenvalue weighted by molar-refractivity contribution is -0.538. The minimum Gasteiger partial charge on any atom is -0.418 e. The summed E-state index contributed by atoms with van der Waals surface area (Å²) in [7, 11) is -7.33. The van der Waals surface area contributed by atoms with Crippen LogP contribution in [-0.4, -0.2) is 15.3 Å². The van der Waals surface area contributed by atoms with Gasteiger partial charge < -0.3 is 17.3 Å². The molecule has 0 unspecified atom stereocenters. The Labute approximate surface area is 520 Å². The van der Waals surface area contributed by atoms with Gasteiger partial charge >= 0.3 is 7.25 Å². The van der Waals surface area contributed by atoms with Gasteiger partial charge in [0.2, 0.25) is 28.4 Å². The summed E-state index contributed by atoms with van der Waals surface area (Å²) in [6.07, 6.45) is 8.51. The van der Waals surface area contributed by atoms with Gasteiger partial charge in [0.25, 0.3) is 0 Å². The average Bonchev–Trinajstić information content (AvgIpc) is 0.821. The summed E-state index contributed by atoms with van der Waals surface area (Å²) >= 11 is 0. The maximum absolute atomic E-state index is 9.75. The van der Waals surface area contributed by atoms with Crippen molar-refractivity contribution in [2.45, 2.75) is 92.8 Å². The predicted molar refractivity (Wildman–Crippen MR) is 365 cm³/mol. The van der Waals surface area contributed by atoms with E-state index in [-0.39, 0.29) is 10.8 Å². The number of aromatic nitrogens is 1. The van der Waals surface area contributed by atoms with E-state index in [0.717, 1.165) is 16.7 Å². The van der Waals surface area contributed by atoms with Gasteiger partial charge in [0.15, 0.2) is 13.8 Å². The summed E-state index contributed by atoms with van der Waals surface area (Å²) in [5.74, 6) is 0. The molecule has 442 valence electrons. The zero-order chi connectivity index (χ0) is 64.2. The molecule has 11 rings (SSSR count). The van der Waals surface area contributed by atoms with Crippen molar-refractivity contribution in [2.75, 3.05) is 0 Å². The first-order chi connectivity index (χ1) is 41.7. The van der Waals surface area contributed by atoms with Crippen molar-refractivity contribution in [3.05, 3.63) is 299 Å². The Morgan fingerprint density at radius 3 is 1.22 bits per heavy atom. The van der Waals surface area contributed by atoms with Gasteiger partial charge in [-0.2, -0.15) is 4.57 Å². The number of para-hydroxylation sites is 1. The Morgan fingerprint density at radius 1 is 0.500 bits per heavy atom. The van der Waals surface area contributed by atoms with Crippen LogP contribution in [0.1, 0.15) is 74.9 Å². The van der Waals surface area contributed by atoms with E-state index in [2.05, 4.69) is 229 Å². The zero-order valence-electron chi connectivity index (χ0n) is 52.5. The number of aryl methyl sites for hydroxylation is 3. The Bertz CT molecular complexity index is 4020. The van der Waals surface area contributed by atoms with Crippen molar-refractivity contribution >= 4 is 48.4 Å². The minimum atomic E-state index is -6.00. The maximum Gasteiger partial charge on any atom is 0.673 e. The van der Waals surface area contributed by atoms with Crippen LogP contribution in [0.25, 0.3) is 71.3 Å². The second kappa shape index (κ2) is 30.6. The van der Waals surface area contributed by atoms with Crippen LogP contribution >= 0.6 is 0 Å². The minimum absolute atomic E-state index is 0.0563. The molecular weight excluding hydrogens is 1110 g/mol. The number of halogens is 4. The lowest BCUT2D eigenvalue weighted by Crippen LogP contribution is -2.34. The molecule has 0 radical (unpaired) electrons. The van der Waals surface area contributed by atoms with Crippen LogP contribution in [0, 0.1) is 55.7 Å². The quantitative estimate of drug-likeness (QED) is 0.0567. The maximum atomic E-state index is 9.75. The Morgan fingerprint density at radius 2 is 0.864 bits per heavy atom. The van der Waals surface area contributed by atoms with Gasteiger partial charge in [-0.15, -0.1) is 5.26 Å². The van der Waals surface area contributed by atoms with Gasteiger partial charge in [-0.25, -0.2) is 10.1 Å². The van der Waals surface area contributed by atoms with Crippen LogP contribution in [-0.2, 0) is 10.8 Å². The number of hydrogen-bond donors (Lipinski definition) is 0. The largest absolute Gasteiger partial charge is 0.673 e. The molecule has 1 heterocycles. The second-order valence-electron chi connectivity index (χ2n) is 24.3. The monoisotopic (exact) mass is 1180 g/mol. The third-order valence-corrected chi connectivity index (χ3v) is 14.7. The normalized spacial score (nSPS) is 11.6. The summed E-state index contributed by atoms with van der Waals surface area (Å²) in [4.78, 5) is 3.36. The fourth-order valence-electron chi connectivity index (χ4n) is 9.77. The smallest absolute Gasteiger partial charge is 0.418 e. The van der Waals surface area contributed by atoms with E-state index in [9.17, 15) is 17.3 Å². The fourth-order valence-corrected chi connectivity index (χ4v) is 9.77. The molecule has 1 aliphatic rings. The molecule has 0 bridgehead atoms. The first-order valence-electron chi connectivity index (χ1n) is 29.2. The number of pyridine rings is 1. The Balaban J connectivity index is 0.000000198. The van der Waals surface area contributed by atoms with Gasteiger partial charge in [-0.3, -0.25) is 0 Å². The van der Waals surface area contributed by atoms with Crippen LogP contribution in [0.5, 0.6) is 0 Å². The first kappa shape index (κ1) is 67.4. The molecule has 0 atom stereocenters. The van der Waals surface area contributed by atoms with E-state index in [4.69, 9.17) is 17.1 Å². The lowest BCUT2D eigenvalue weighted by atomic mass is 9.82. The van der Waals surface area contributed by atoms with Gasteiger partial charge in [-0.05, 0) is 106 Å². The predicted octanol–water partition coefficient (Wildman–Crippen LogP) is 22.3. The van der Waals surface area contributed by atoms with E-state index < -0.39 is 15.3 Å². The lowest BCUT2D eigenvalue weighted by Gasteiger charge is -2.22. The zero-order valence-corrected chi connectivity index (χ0v) is 53.5. The molecule has 88 heavy (non-hydrogen) atoms. The van der Waals surface area contributed by atoms with Crippen molar-refractivity contribution < 1.29 is 21.8 Å². The third kappa shape index (κ3) is 19.6. The van der Waals surface area contributed by atoms with Crippen LogP contribution in [0.2, 0.25) is 19.6 Å². The molecule has 0 aliphatic heterocycles. The van der Waals surface area contributed by atoms with Crippen molar-refractivity contribution in [1.29, 1.82) is 10.5 Å². The molecule has 0 N–H and O–H groups in total. The molecule has 0 spiro atoms. The fraction of sp³-hybridized carbons (Fsp3) is 0.179. The number of allylic oxidation sites excluding steroid dienone is 6. The Kier molecular flexibility index (Phi) is 23.4. The van der Waals surface area contributed by atoms with Gasteiger partial charge in [0.05, 0.1) is 29.0 Å². The standard InChI is InChI=1S/C36H40N.C13H9N.C13H8N.C12H10.C4H9NSi.BF4/c1-23-19-24(2)33(25(3)20-23)34-29-17-15-26(35(4,5)6)21-31(29)37(28-13-11-10-12-14-28)32-22-27(36(7,8)9)16-18-30(32)34;1-14-13-9-7-12(8-10-13)11-5-3-2-4-6-11;14-10-12-8-4-5-9-13(12)11-6-2-1-3-7-11;1-3-7-11(8-4-1)12-9-5-2-6-10-12;1-6(2,3)4-5;2-1(3,4)5/h10-22H,1-9H3;2-10H;1-7,9H;1-10H;1-3H3;/q+1;;+1;;;-1.